The Kier molecular flexibility index (Phi) is 4.23. The first-order valence-electron chi connectivity index (χ1n) is 5.30. The maximum absolute atomic E-state index is 11.9. The van der Waals surface area contributed by atoms with E-state index in [2.05, 4.69) is 5.10 Å². The van der Waals surface area contributed by atoms with E-state index >= 15 is 0 Å². The fraction of sp³-hybridized carbons (Fsp3) is 0.167. The Labute approximate surface area is 115 Å². The van der Waals surface area contributed by atoms with Crippen molar-refractivity contribution in [1.29, 1.82) is 0 Å². The van der Waals surface area contributed by atoms with Gasteiger partial charge in [0.15, 0.2) is 0 Å². The third kappa shape index (κ3) is 3.03. The molecule has 6 heteroatoms. The molecule has 0 aliphatic heterocycles. The van der Waals surface area contributed by atoms with Crippen molar-refractivity contribution in [3.8, 4) is 0 Å². The van der Waals surface area contributed by atoms with Gasteiger partial charge in [0.05, 0.1) is 0 Å². The topological polar surface area (TPSA) is 38.1 Å². The molecule has 0 aliphatic carbocycles. The first-order valence-corrected chi connectivity index (χ1v) is 6.21. The van der Waals surface area contributed by atoms with E-state index in [1.54, 1.807) is 47.4 Å². The molecule has 0 fully saturated rings. The summed E-state index contributed by atoms with van der Waals surface area (Å²) in [5.41, 5.74) is 0.698. The number of amides is 1. The molecule has 1 aromatic carbocycles. The third-order valence-corrected chi connectivity index (χ3v) is 2.84. The van der Waals surface area contributed by atoms with Gasteiger partial charge in [0.25, 0.3) is 0 Å². The molecule has 0 unspecified atom stereocenters. The van der Waals surface area contributed by atoms with Gasteiger partial charge in [-0.05, 0) is 24.3 Å². The summed E-state index contributed by atoms with van der Waals surface area (Å²) < 4.78 is 1.64. The van der Waals surface area contributed by atoms with Crippen LogP contribution in [-0.2, 0) is 11.5 Å². The highest BCUT2D eigenvalue weighted by Gasteiger charge is 2.15. The molecule has 0 radical (unpaired) electrons. The maximum atomic E-state index is 11.9. The van der Waals surface area contributed by atoms with Gasteiger partial charge in [-0.25, -0.2) is 0 Å². The lowest BCUT2D eigenvalue weighted by Crippen LogP contribution is -2.34. The van der Waals surface area contributed by atoms with Crippen LogP contribution >= 0.6 is 23.2 Å². The van der Waals surface area contributed by atoms with Gasteiger partial charge in [-0.15, -0.1) is 11.6 Å². The molecule has 2 aromatic rings. The number of hydrogen-bond donors (Lipinski definition) is 0. The molecule has 0 bridgehead atoms. The van der Waals surface area contributed by atoms with Crippen molar-refractivity contribution in [1.82, 2.24) is 9.78 Å². The summed E-state index contributed by atoms with van der Waals surface area (Å²) in [7, 11) is 0. The van der Waals surface area contributed by atoms with Crippen LogP contribution in [0.25, 0.3) is 0 Å². The highest BCUT2D eigenvalue weighted by Crippen LogP contribution is 2.20. The Balaban J connectivity index is 2.28. The molecule has 0 aliphatic rings. The highest BCUT2D eigenvalue weighted by molar-refractivity contribution is 6.31. The number of halogens is 2. The monoisotopic (exact) mass is 283 g/mol. The van der Waals surface area contributed by atoms with E-state index in [4.69, 9.17) is 23.2 Å². The molecule has 0 N–H and O–H groups in total. The van der Waals surface area contributed by atoms with Gasteiger partial charge in [0, 0.05) is 23.1 Å². The number of carbonyl (C=O) groups excluding carboxylic acids is 1. The minimum absolute atomic E-state index is 0.0895. The van der Waals surface area contributed by atoms with Crippen molar-refractivity contribution in [2.24, 2.45) is 0 Å². The molecule has 0 spiro atoms. The van der Waals surface area contributed by atoms with E-state index in [-0.39, 0.29) is 11.8 Å². The van der Waals surface area contributed by atoms with Crippen molar-refractivity contribution in [2.45, 2.75) is 6.67 Å². The summed E-state index contributed by atoms with van der Waals surface area (Å²) in [5, 5.41) is 4.64. The number of benzene rings is 1. The fourth-order valence-corrected chi connectivity index (χ4v) is 1.88. The summed E-state index contributed by atoms with van der Waals surface area (Å²) in [6, 6.07) is 8.86. The molecule has 94 valence electrons. The van der Waals surface area contributed by atoms with Crippen LogP contribution in [0.1, 0.15) is 0 Å². The van der Waals surface area contributed by atoms with Crippen LogP contribution in [0.5, 0.6) is 0 Å². The first-order chi connectivity index (χ1) is 8.70. The maximum Gasteiger partial charge on any atom is 0.243 e. The van der Waals surface area contributed by atoms with Gasteiger partial charge in [0.1, 0.15) is 12.5 Å². The minimum Gasteiger partial charge on any atom is -0.291 e. The van der Waals surface area contributed by atoms with Crippen molar-refractivity contribution in [3.63, 3.8) is 0 Å². The number of carbonyl (C=O) groups is 1. The highest BCUT2D eigenvalue weighted by atomic mass is 35.5. The van der Waals surface area contributed by atoms with Gasteiger partial charge in [0.2, 0.25) is 5.91 Å². The molecule has 0 saturated heterocycles. The Hall–Kier alpha value is -1.52. The lowest BCUT2D eigenvalue weighted by molar-refractivity contribution is -0.116. The van der Waals surface area contributed by atoms with Gasteiger partial charge in [-0.2, -0.15) is 5.10 Å². The second kappa shape index (κ2) is 5.89. The molecule has 0 atom stereocenters. The smallest absolute Gasteiger partial charge is 0.243 e. The normalized spacial score (nSPS) is 10.3. The minimum atomic E-state index is -0.200. The molecule has 18 heavy (non-hydrogen) atoms. The SMILES string of the molecule is O=C(CCl)N(Cn1cccn1)c1cccc(Cl)c1. The van der Waals surface area contributed by atoms with E-state index in [0.717, 1.165) is 0 Å². The number of rotatable bonds is 4. The van der Waals surface area contributed by atoms with Crippen LogP contribution in [0.4, 0.5) is 5.69 Å². The molecule has 0 saturated carbocycles. The van der Waals surface area contributed by atoms with Crippen LogP contribution in [0, 0.1) is 0 Å². The number of nitrogens with zero attached hydrogens (tertiary/aromatic N) is 3. The van der Waals surface area contributed by atoms with Gasteiger partial charge >= 0.3 is 0 Å². The standard InChI is InChI=1S/C12H11Cl2N3O/c13-8-12(18)17(9-16-6-2-5-15-16)11-4-1-3-10(14)7-11/h1-7H,8-9H2. The van der Waals surface area contributed by atoms with Crippen molar-refractivity contribution in [2.75, 3.05) is 10.8 Å². The van der Waals surface area contributed by atoms with Gasteiger partial charge < -0.3 is 0 Å². The molecule has 1 heterocycles. The molecule has 4 nitrogen and oxygen atoms in total. The van der Waals surface area contributed by atoms with E-state index in [9.17, 15) is 4.79 Å². The lowest BCUT2D eigenvalue weighted by Gasteiger charge is -2.22. The molecular weight excluding hydrogens is 273 g/mol. The zero-order valence-corrected chi connectivity index (χ0v) is 11.0. The van der Waals surface area contributed by atoms with Crippen LogP contribution in [-0.4, -0.2) is 21.6 Å². The van der Waals surface area contributed by atoms with Crippen molar-refractivity contribution in [3.05, 3.63) is 47.7 Å². The molecule has 1 amide bonds. The summed E-state index contributed by atoms with van der Waals surface area (Å²) in [5.74, 6) is -0.289. The number of aromatic nitrogens is 2. The molecule has 2 rings (SSSR count). The summed E-state index contributed by atoms with van der Waals surface area (Å²) in [4.78, 5) is 13.4. The van der Waals surface area contributed by atoms with Crippen molar-refractivity contribution >= 4 is 34.8 Å². The largest absolute Gasteiger partial charge is 0.291 e. The van der Waals surface area contributed by atoms with Crippen molar-refractivity contribution < 1.29 is 4.79 Å². The number of hydrogen-bond acceptors (Lipinski definition) is 2. The molecule has 1 aromatic heterocycles. The van der Waals surface area contributed by atoms with Gasteiger partial charge in [-0.1, -0.05) is 17.7 Å². The number of anilines is 1. The second-order valence-electron chi connectivity index (χ2n) is 3.62. The van der Waals surface area contributed by atoms with E-state index in [0.29, 0.717) is 17.4 Å². The Morgan fingerprint density at radius 1 is 1.39 bits per heavy atom. The Morgan fingerprint density at radius 3 is 2.83 bits per heavy atom. The van der Waals surface area contributed by atoms with E-state index in [1.165, 1.54) is 4.90 Å². The predicted molar refractivity (Wildman–Crippen MR) is 71.9 cm³/mol. The average molecular weight is 284 g/mol. The first kappa shape index (κ1) is 12.9. The lowest BCUT2D eigenvalue weighted by atomic mass is 10.3. The number of alkyl halides is 1. The summed E-state index contributed by atoms with van der Waals surface area (Å²) in [6.07, 6.45) is 3.43. The van der Waals surface area contributed by atoms with Crippen LogP contribution < -0.4 is 4.90 Å². The van der Waals surface area contributed by atoms with E-state index < -0.39 is 0 Å². The Morgan fingerprint density at radius 2 is 2.22 bits per heavy atom. The quantitative estimate of drug-likeness (QED) is 0.810. The Bertz CT molecular complexity index is 528. The third-order valence-electron chi connectivity index (χ3n) is 2.38. The zero-order valence-electron chi connectivity index (χ0n) is 9.46. The van der Waals surface area contributed by atoms with Gasteiger partial charge in [-0.3, -0.25) is 14.4 Å². The van der Waals surface area contributed by atoms with Crippen LogP contribution in [0.15, 0.2) is 42.7 Å². The fourth-order valence-electron chi connectivity index (χ4n) is 1.55. The van der Waals surface area contributed by atoms with Crippen LogP contribution in [0.2, 0.25) is 5.02 Å². The average Bonchev–Trinajstić information content (AvgIpc) is 2.88. The zero-order chi connectivity index (χ0) is 13.0. The predicted octanol–water partition coefficient (Wildman–Crippen LogP) is 2.77. The second-order valence-corrected chi connectivity index (χ2v) is 4.33. The van der Waals surface area contributed by atoms with Crippen LogP contribution in [0.3, 0.4) is 0 Å². The summed E-state index contributed by atoms with van der Waals surface area (Å²) in [6.45, 7) is 0.304. The van der Waals surface area contributed by atoms with E-state index in [1.807, 2.05) is 0 Å². The summed E-state index contributed by atoms with van der Waals surface area (Å²) >= 11 is 11.5. The molecular formula is C12H11Cl2N3O.